The average molecular weight is 289 g/mol. The lowest BCUT2D eigenvalue weighted by molar-refractivity contribution is 0.285. The Balaban J connectivity index is 3.12. The molecule has 1 aromatic rings. The van der Waals surface area contributed by atoms with Crippen LogP contribution >= 0.6 is 11.3 Å². The molecule has 0 bridgehead atoms. The first-order valence-corrected chi connectivity index (χ1v) is 8.04. The summed E-state index contributed by atoms with van der Waals surface area (Å²) in [6, 6.07) is 1.62. The summed E-state index contributed by atoms with van der Waals surface area (Å²) in [5.74, 6) is 0. The number of hydrogen-bond donors (Lipinski definition) is 1. The van der Waals surface area contributed by atoms with Crippen LogP contribution in [-0.2, 0) is 16.6 Å². The first-order valence-electron chi connectivity index (χ1n) is 5.78. The van der Waals surface area contributed by atoms with Crippen molar-refractivity contribution >= 4 is 21.4 Å². The number of nitrogens with zero attached hydrogens (tertiary/aromatic N) is 1. The largest absolute Gasteiger partial charge is 0.391 e. The van der Waals surface area contributed by atoms with Gasteiger partial charge in [0.05, 0.1) is 6.61 Å². The van der Waals surface area contributed by atoms with Gasteiger partial charge in [-0.1, -0.05) is 13.0 Å². The number of aryl methyl sites for hydroxylation is 1. The summed E-state index contributed by atoms with van der Waals surface area (Å²) in [5, 5.41) is 9.13. The highest BCUT2D eigenvalue weighted by Crippen LogP contribution is 2.28. The smallest absolute Gasteiger partial charge is 0.252 e. The molecule has 0 aliphatic rings. The molecule has 0 aliphatic carbocycles. The second-order valence-corrected chi connectivity index (χ2v) is 7.28. The highest BCUT2D eigenvalue weighted by atomic mass is 32.2. The average Bonchev–Trinajstić information content (AvgIpc) is 2.71. The molecule has 0 spiro atoms. The van der Waals surface area contributed by atoms with Crippen LogP contribution in [0.3, 0.4) is 0 Å². The summed E-state index contributed by atoms with van der Waals surface area (Å²) in [6.07, 6.45) is 2.34. The van der Waals surface area contributed by atoms with Gasteiger partial charge < -0.3 is 5.11 Å². The molecule has 18 heavy (non-hydrogen) atoms. The number of hydrogen-bond acceptors (Lipinski definition) is 4. The fourth-order valence-electron chi connectivity index (χ4n) is 1.60. The lowest BCUT2D eigenvalue weighted by Gasteiger charge is -2.18. The van der Waals surface area contributed by atoms with Crippen molar-refractivity contribution in [2.24, 2.45) is 0 Å². The van der Waals surface area contributed by atoms with Crippen molar-refractivity contribution in [3.8, 4) is 0 Å². The van der Waals surface area contributed by atoms with Crippen LogP contribution in [-0.4, -0.2) is 30.9 Å². The molecule has 0 saturated heterocycles. The fraction of sp³-hybridized carbons (Fsp3) is 0.500. The van der Waals surface area contributed by atoms with E-state index >= 15 is 0 Å². The van der Waals surface area contributed by atoms with E-state index in [-0.39, 0.29) is 6.61 Å². The van der Waals surface area contributed by atoms with Gasteiger partial charge in [0.1, 0.15) is 4.21 Å². The van der Waals surface area contributed by atoms with E-state index in [1.54, 1.807) is 19.1 Å². The van der Waals surface area contributed by atoms with Crippen LogP contribution in [0.1, 0.15) is 23.8 Å². The summed E-state index contributed by atoms with van der Waals surface area (Å²) in [7, 11) is -3.47. The topological polar surface area (TPSA) is 57.6 Å². The van der Waals surface area contributed by atoms with Gasteiger partial charge in [0.25, 0.3) is 10.0 Å². The Hall–Kier alpha value is -0.690. The lowest BCUT2D eigenvalue weighted by Crippen LogP contribution is -2.31. The van der Waals surface area contributed by atoms with Crippen LogP contribution in [0.5, 0.6) is 0 Å². The lowest BCUT2D eigenvalue weighted by atomic mass is 10.3. The molecule has 0 unspecified atom stereocenters. The highest BCUT2D eigenvalue weighted by Gasteiger charge is 2.25. The van der Waals surface area contributed by atoms with Crippen molar-refractivity contribution in [2.45, 2.75) is 31.1 Å². The fourth-order valence-corrected chi connectivity index (χ4v) is 4.71. The Morgan fingerprint density at radius 1 is 1.56 bits per heavy atom. The van der Waals surface area contributed by atoms with Gasteiger partial charge >= 0.3 is 0 Å². The van der Waals surface area contributed by atoms with Gasteiger partial charge in [0.15, 0.2) is 0 Å². The van der Waals surface area contributed by atoms with Crippen LogP contribution in [0.15, 0.2) is 22.9 Å². The van der Waals surface area contributed by atoms with Crippen molar-refractivity contribution in [1.29, 1.82) is 0 Å². The number of thiophene rings is 1. The molecule has 0 aromatic carbocycles. The van der Waals surface area contributed by atoms with Crippen LogP contribution in [0.2, 0.25) is 0 Å². The number of sulfonamides is 1. The summed E-state index contributed by atoms with van der Waals surface area (Å²) < 4.78 is 26.5. The third-order valence-electron chi connectivity index (χ3n) is 2.54. The zero-order valence-corrected chi connectivity index (χ0v) is 12.4. The molecule has 1 aromatic heterocycles. The van der Waals surface area contributed by atoms with Gasteiger partial charge in [-0.05, 0) is 25.0 Å². The first-order chi connectivity index (χ1) is 8.47. The molecule has 1 N–H and O–H groups in total. The van der Waals surface area contributed by atoms with E-state index in [0.717, 1.165) is 23.3 Å². The van der Waals surface area contributed by atoms with E-state index in [1.165, 1.54) is 4.31 Å². The molecule has 1 rings (SSSR count). The molecule has 0 saturated carbocycles. The van der Waals surface area contributed by atoms with Gasteiger partial charge in [0, 0.05) is 18.0 Å². The Kier molecular flexibility index (Phi) is 5.52. The van der Waals surface area contributed by atoms with Crippen LogP contribution in [0.4, 0.5) is 0 Å². The van der Waals surface area contributed by atoms with Crippen LogP contribution in [0, 0.1) is 6.92 Å². The molecule has 6 heteroatoms. The second-order valence-electron chi connectivity index (χ2n) is 3.98. The Labute approximate surface area is 113 Å². The monoisotopic (exact) mass is 289 g/mol. The third kappa shape index (κ3) is 3.20. The molecule has 4 nitrogen and oxygen atoms in total. The van der Waals surface area contributed by atoms with Gasteiger partial charge in [0.2, 0.25) is 0 Å². The Morgan fingerprint density at radius 3 is 2.67 bits per heavy atom. The standard InChI is InChI=1S/C12H19NO3S2/c1-4-6-13(7-5-2)18(15,16)12-8-10(3)11(9-14)17-12/h4,8,14H,1,5-7,9H2,2-3H3. The Bertz CT molecular complexity index is 505. The molecule has 0 fully saturated rings. The number of rotatable bonds is 7. The van der Waals surface area contributed by atoms with Gasteiger partial charge in [-0.15, -0.1) is 17.9 Å². The molecule has 0 aliphatic heterocycles. The van der Waals surface area contributed by atoms with E-state index in [0.29, 0.717) is 22.2 Å². The first kappa shape index (κ1) is 15.4. The predicted octanol–water partition coefficient (Wildman–Crippen LogP) is 2.14. The molecule has 0 amide bonds. The zero-order chi connectivity index (χ0) is 13.8. The SMILES string of the molecule is C=CCN(CCC)S(=O)(=O)c1cc(C)c(CO)s1. The minimum atomic E-state index is -3.47. The molecule has 102 valence electrons. The van der Waals surface area contributed by atoms with Crippen molar-refractivity contribution in [3.05, 3.63) is 29.2 Å². The molecular weight excluding hydrogens is 270 g/mol. The van der Waals surface area contributed by atoms with E-state index in [4.69, 9.17) is 5.11 Å². The van der Waals surface area contributed by atoms with E-state index in [9.17, 15) is 8.42 Å². The Morgan fingerprint density at radius 2 is 2.22 bits per heavy atom. The van der Waals surface area contributed by atoms with Crippen molar-refractivity contribution < 1.29 is 13.5 Å². The van der Waals surface area contributed by atoms with Gasteiger partial charge in [-0.3, -0.25) is 0 Å². The van der Waals surface area contributed by atoms with Gasteiger partial charge in [-0.25, -0.2) is 8.42 Å². The predicted molar refractivity (Wildman–Crippen MR) is 74.2 cm³/mol. The molecular formula is C12H19NO3S2. The van der Waals surface area contributed by atoms with E-state index < -0.39 is 10.0 Å². The van der Waals surface area contributed by atoms with Crippen molar-refractivity contribution in [1.82, 2.24) is 4.31 Å². The maximum atomic E-state index is 12.4. The minimum Gasteiger partial charge on any atom is -0.391 e. The van der Waals surface area contributed by atoms with Crippen LogP contribution < -0.4 is 0 Å². The maximum Gasteiger partial charge on any atom is 0.252 e. The molecule has 0 atom stereocenters. The zero-order valence-electron chi connectivity index (χ0n) is 10.7. The van der Waals surface area contributed by atoms with E-state index in [1.807, 2.05) is 6.92 Å². The van der Waals surface area contributed by atoms with E-state index in [2.05, 4.69) is 6.58 Å². The summed E-state index contributed by atoms with van der Waals surface area (Å²) in [5.41, 5.74) is 0.816. The van der Waals surface area contributed by atoms with Gasteiger partial charge in [-0.2, -0.15) is 4.31 Å². The molecule has 0 radical (unpaired) electrons. The normalized spacial score (nSPS) is 12.0. The highest BCUT2D eigenvalue weighted by molar-refractivity contribution is 7.91. The maximum absolute atomic E-state index is 12.4. The summed E-state index contributed by atoms with van der Waals surface area (Å²) >= 11 is 1.13. The number of aliphatic hydroxyl groups is 1. The summed E-state index contributed by atoms with van der Waals surface area (Å²) in [6.45, 7) is 7.98. The third-order valence-corrected chi connectivity index (χ3v) is 6.08. The minimum absolute atomic E-state index is 0.124. The quantitative estimate of drug-likeness (QED) is 0.782. The number of aliphatic hydroxyl groups excluding tert-OH is 1. The second kappa shape index (κ2) is 6.47. The van der Waals surface area contributed by atoms with Crippen molar-refractivity contribution in [3.63, 3.8) is 0 Å². The van der Waals surface area contributed by atoms with Crippen LogP contribution in [0.25, 0.3) is 0 Å². The summed E-state index contributed by atoms with van der Waals surface area (Å²) in [4.78, 5) is 0.698. The van der Waals surface area contributed by atoms with Crippen molar-refractivity contribution in [2.75, 3.05) is 13.1 Å². The molecule has 1 heterocycles.